The lowest BCUT2D eigenvalue weighted by Gasteiger charge is -2.22. The van der Waals surface area contributed by atoms with Gasteiger partial charge in [-0.1, -0.05) is 12.8 Å². The second-order valence-electron chi connectivity index (χ2n) is 4.95. The minimum atomic E-state index is -0.418. The van der Waals surface area contributed by atoms with Crippen molar-refractivity contribution < 1.29 is 4.79 Å². The molecule has 1 fully saturated rings. The van der Waals surface area contributed by atoms with Gasteiger partial charge in [0.25, 0.3) is 0 Å². The summed E-state index contributed by atoms with van der Waals surface area (Å²) in [5.74, 6) is 0.791. The Labute approximate surface area is 86.4 Å². The van der Waals surface area contributed by atoms with Crippen LogP contribution in [-0.4, -0.2) is 19.0 Å². The molecule has 0 heterocycles. The molecule has 1 aliphatic carbocycles. The van der Waals surface area contributed by atoms with Gasteiger partial charge in [-0.2, -0.15) is 0 Å². The predicted octanol–water partition coefficient (Wildman–Crippen LogP) is 1.28. The standard InChI is InChI=1S/C11H22N2O/c1-11(2,8-12)10(14)13-7-9-5-3-4-6-9/h9H,3-8,12H2,1-2H3,(H,13,14). The minimum absolute atomic E-state index is 0.0897. The molecule has 1 saturated carbocycles. The first-order valence-corrected chi connectivity index (χ1v) is 5.54. The van der Waals surface area contributed by atoms with Gasteiger partial charge >= 0.3 is 0 Å². The summed E-state index contributed by atoms with van der Waals surface area (Å²) in [4.78, 5) is 11.7. The Morgan fingerprint density at radius 3 is 2.50 bits per heavy atom. The Bertz CT molecular complexity index is 195. The summed E-state index contributed by atoms with van der Waals surface area (Å²) < 4.78 is 0. The van der Waals surface area contributed by atoms with Crippen LogP contribution in [0.25, 0.3) is 0 Å². The predicted molar refractivity (Wildman–Crippen MR) is 57.8 cm³/mol. The molecule has 0 aromatic carbocycles. The van der Waals surface area contributed by atoms with Crippen LogP contribution in [0.3, 0.4) is 0 Å². The monoisotopic (exact) mass is 198 g/mol. The van der Waals surface area contributed by atoms with E-state index in [1.165, 1.54) is 25.7 Å². The van der Waals surface area contributed by atoms with Crippen LogP contribution in [0.1, 0.15) is 39.5 Å². The fourth-order valence-electron chi connectivity index (χ4n) is 1.78. The molecule has 0 aromatic rings. The van der Waals surface area contributed by atoms with Crippen molar-refractivity contribution in [2.45, 2.75) is 39.5 Å². The number of hydrogen-bond acceptors (Lipinski definition) is 2. The van der Waals surface area contributed by atoms with Gasteiger partial charge in [-0.3, -0.25) is 4.79 Å². The summed E-state index contributed by atoms with van der Waals surface area (Å²) in [5.41, 5.74) is 5.11. The van der Waals surface area contributed by atoms with Crippen LogP contribution >= 0.6 is 0 Å². The van der Waals surface area contributed by atoms with Crippen molar-refractivity contribution in [2.75, 3.05) is 13.1 Å². The van der Waals surface area contributed by atoms with Gasteiger partial charge in [-0.05, 0) is 32.6 Å². The van der Waals surface area contributed by atoms with Gasteiger partial charge in [0, 0.05) is 13.1 Å². The van der Waals surface area contributed by atoms with E-state index in [9.17, 15) is 4.79 Å². The summed E-state index contributed by atoms with van der Waals surface area (Å²) >= 11 is 0. The quantitative estimate of drug-likeness (QED) is 0.715. The van der Waals surface area contributed by atoms with E-state index in [1.54, 1.807) is 0 Å². The molecule has 1 amide bonds. The summed E-state index contributed by atoms with van der Waals surface area (Å²) in [7, 11) is 0. The average Bonchev–Trinajstić information content (AvgIpc) is 2.66. The first kappa shape index (κ1) is 11.5. The molecule has 0 unspecified atom stereocenters. The molecule has 0 atom stereocenters. The zero-order valence-electron chi connectivity index (χ0n) is 9.31. The van der Waals surface area contributed by atoms with Crippen molar-refractivity contribution in [2.24, 2.45) is 17.1 Å². The third kappa shape index (κ3) is 2.98. The van der Waals surface area contributed by atoms with E-state index in [2.05, 4.69) is 5.32 Å². The maximum absolute atomic E-state index is 11.7. The smallest absolute Gasteiger partial charge is 0.226 e. The van der Waals surface area contributed by atoms with Crippen molar-refractivity contribution >= 4 is 5.91 Å². The SMILES string of the molecule is CC(C)(CN)C(=O)NCC1CCCC1. The normalized spacial score (nSPS) is 18.5. The molecule has 0 bridgehead atoms. The molecular formula is C11H22N2O. The van der Waals surface area contributed by atoms with Crippen LogP contribution in [0.5, 0.6) is 0 Å². The van der Waals surface area contributed by atoms with Crippen molar-refractivity contribution in [1.29, 1.82) is 0 Å². The number of hydrogen-bond donors (Lipinski definition) is 2. The molecule has 0 spiro atoms. The van der Waals surface area contributed by atoms with Gasteiger partial charge in [0.2, 0.25) is 5.91 Å². The third-order valence-corrected chi connectivity index (χ3v) is 3.15. The molecule has 0 radical (unpaired) electrons. The molecule has 3 nitrogen and oxygen atoms in total. The van der Waals surface area contributed by atoms with Crippen molar-refractivity contribution in [3.8, 4) is 0 Å². The second kappa shape index (κ2) is 4.78. The molecule has 1 rings (SSSR count). The molecule has 14 heavy (non-hydrogen) atoms. The zero-order chi connectivity index (χ0) is 10.6. The van der Waals surface area contributed by atoms with Crippen LogP contribution in [-0.2, 0) is 4.79 Å². The van der Waals surface area contributed by atoms with Crippen LogP contribution in [0, 0.1) is 11.3 Å². The largest absolute Gasteiger partial charge is 0.355 e. The molecular weight excluding hydrogens is 176 g/mol. The highest BCUT2D eigenvalue weighted by molar-refractivity contribution is 5.81. The Balaban J connectivity index is 2.26. The molecule has 3 N–H and O–H groups in total. The average molecular weight is 198 g/mol. The first-order valence-electron chi connectivity index (χ1n) is 5.54. The highest BCUT2D eigenvalue weighted by atomic mass is 16.2. The van der Waals surface area contributed by atoms with Crippen LogP contribution in [0.2, 0.25) is 0 Å². The first-order chi connectivity index (χ1) is 6.56. The summed E-state index contributed by atoms with van der Waals surface area (Å²) in [6, 6.07) is 0. The summed E-state index contributed by atoms with van der Waals surface area (Å²) in [6.45, 7) is 5.01. The number of amides is 1. The lowest BCUT2D eigenvalue weighted by molar-refractivity contribution is -0.129. The molecule has 3 heteroatoms. The van der Waals surface area contributed by atoms with Crippen LogP contribution in [0.4, 0.5) is 0 Å². The second-order valence-corrected chi connectivity index (χ2v) is 4.95. The summed E-state index contributed by atoms with van der Waals surface area (Å²) in [5, 5.41) is 3.00. The van der Waals surface area contributed by atoms with E-state index >= 15 is 0 Å². The van der Waals surface area contributed by atoms with Crippen molar-refractivity contribution in [3.63, 3.8) is 0 Å². The number of nitrogens with one attached hydrogen (secondary N) is 1. The fourth-order valence-corrected chi connectivity index (χ4v) is 1.78. The maximum Gasteiger partial charge on any atom is 0.226 e. The lowest BCUT2D eigenvalue weighted by atomic mass is 9.92. The van der Waals surface area contributed by atoms with E-state index in [0.29, 0.717) is 12.5 Å². The number of rotatable bonds is 4. The van der Waals surface area contributed by atoms with Gasteiger partial charge in [-0.25, -0.2) is 0 Å². The summed E-state index contributed by atoms with van der Waals surface area (Å²) in [6.07, 6.45) is 5.17. The van der Waals surface area contributed by atoms with Crippen LogP contribution in [0.15, 0.2) is 0 Å². The molecule has 0 saturated heterocycles. The molecule has 0 aromatic heterocycles. The van der Waals surface area contributed by atoms with Crippen molar-refractivity contribution in [3.05, 3.63) is 0 Å². The molecule has 1 aliphatic rings. The van der Waals surface area contributed by atoms with Crippen LogP contribution < -0.4 is 11.1 Å². The minimum Gasteiger partial charge on any atom is -0.355 e. The van der Waals surface area contributed by atoms with Gasteiger partial charge in [-0.15, -0.1) is 0 Å². The maximum atomic E-state index is 11.7. The van der Waals surface area contributed by atoms with E-state index < -0.39 is 5.41 Å². The highest BCUT2D eigenvalue weighted by Crippen LogP contribution is 2.24. The van der Waals surface area contributed by atoms with Gasteiger partial charge < -0.3 is 11.1 Å². The highest BCUT2D eigenvalue weighted by Gasteiger charge is 2.26. The Morgan fingerprint density at radius 2 is 2.00 bits per heavy atom. The van der Waals surface area contributed by atoms with Crippen molar-refractivity contribution in [1.82, 2.24) is 5.32 Å². The topological polar surface area (TPSA) is 55.1 Å². The van der Waals surface area contributed by atoms with Gasteiger partial charge in [0.05, 0.1) is 5.41 Å². The van der Waals surface area contributed by atoms with E-state index in [4.69, 9.17) is 5.73 Å². The van der Waals surface area contributed by atoms with E-state index in [-0.39, 0.29) is 5.91 Å². The number of nitrogens with two attached hydrogens (primary N) is 1. The Kier molecular flexibility index (Phi) is 3.93. The fraction of sp³-hybridized carbons (Fsp3) is 0.909. The number of carbonyl (C=O) groups excluding carboxylic acids is 1. The van der Waals surface area contributed by atoms with Gasteiger partial charge in [0.1, 0.15) is 0 Å². The molecule has 0 aliphatic heterocycles. The zero-order valence-corrected chi connectivity index (χ0v) is 9.31. The molecule has 82 valence electrons. The third-order valence-electron chi connectivity index (χ3n) is 3.15. The number of carbonyl (C=O) groups is 1. The Hall–Kier alpha value is -0.570. The Morgan fingerprint density at radius 1 is 1.43 bits per heavy atom. The van der Waals surface area contributed by atoms with Gasteiger partial charge in [0.15, 0.2) is 0 Å². The van der Waals surface area contributed by atoms with E-state index in [0.717, 1.165) is 6.54 Å². The lowest BCUT2D eigenvalue weighted by Crippen LogP contribution is -2.43. The van der Waals surface area contributed by atoms with E-state index in [1.807, 2.05) is 13.8 Å².